The van der Waals surface area contributed by atoms with Gasteiger partial charge in [0.05, 0.1) is 7.11 Å². The molecule has 2 heterocycles. The maximum Gasteiger partial charge on any atom is 0.336 e. The topological polar surface area (TPSA) is 52.6 Å². The highest BCUT2D eigenvalue weighted by atomic mass is 16.5. The third-order valence-corrected chi connectivity index (χ3v) is 4.04. The van der Waals surface area contributed by atoms with Gasteiger partial charge in [0.2, 0.25) is 0 Å². The molecule has 0 aliphatic carbocycles. The Balaban J connectivity index is 2.10. The first-order chi connectivity index (χ1) is 11.2. The first-order valence-electron chi connectivity index (χ1n) is 7.28. The quantitative estimate of drug-likeness (QED) is 0.511. The Morgan fingerprint density at radius 3 is 2.48 bits per heavy atom. The summed E-state index contributed by atoms with van der Waals surface area (Å²) < 4.78 is 16.6. The molecule has 0 radical (unpaired) electrons. The summed E-state index contributed by atoms with van der Waals surface area (Å²) in [6.07, 6.45) is 0. The first-order valence-corrected chi connectivity index (χ1v) is 7.28. The average Bonchev–Trinajstić information content (AvgIpc) is 2.91. The van der Waals surface area contributed by atoms with Crippen molar-refractivity contribution in [3.8, 4) is 17.1 Å². The zero-order valence-electron chi connectivity index (χ0n) is 12.8. The number of benzene rings is 2. The molecule has 0 atom stereocenters. The van der Waals surface area contributed by atoms with Crippen LogP contribution in [0.5, 0.6) is 5.75 Å². The predicted molar refractivity (Wildman–Crippen MR) is 89.0 cm³/mol. The standard InChI is InChI=1S/C19H14O4/c1-11-13-5-3-4-6-16(13)23-19(11)15-10-18(20)22-17-8-7-12(21-2)9-14(15)17/h3-10H,1-2H3. The van der Waals surface area contributed by atoms with Gasteiger partial charge in [-0.15, -0.1) is 0 Å². The van der Waals surface area contributed by atoms with Crippen LogP contribution in [-0.2, 0) is 0 Å². The number of furan rings is 1. The van der Waals surface area contributed by atoms with Crippen molar-refractivity contribution < 1.29 is 13.6 Å². The summed E-state index contributed by atoms with van der Waals surface area (Å²) in [5.74, 6) is 1.37. The van der Waals surface area contributed by atoms with Crippen molar-refractivity contribution in [2.45, 2.75) is 6.92 Å². The molecule has 0 saturated heterocycles. The molecule has 0 fully saturated rings. The molecule has 0 amide bonds. The Morgan fingerprint density at radius 1 is 0.913 bits per heavy atom. The molecule has 0 aliphatic heterocycles. The smallest absolute Gasteiger partial charge is 0.336 e. The summed E-state index contributed by atoms with van der Waals surface area (Å²) in [6, 6.07) is 14.6. The molecular formula is C19H14O4. The van der Waals surface area contributed by atoms with Crippen LogP contribution in [0.4, 0.5) is 0 Å². The van der Waals surface area contributed by atoms with E-state index in [9.17, 15) is 4.79 Å². The monoisotopic (exact) mass is 306 g/mol. The van der Waals surface area contributed by atoms with Gasteiger partial charge in [0.25, 0.3) is 0 Å². The van der Waals surface area contributed by atoms with Crippen LogP contribution in [0.1, 0.15) is 5.56 Å². The number of para-hydroxylation sites is 1. The molecule has 0 aliphatic rings. The van der Waals surface area contributed by atoms with E-state index in [4.69, 9.17) is 13.6 Å². The van der Waals surface area contributed by atoms with Crippen molar-refractivity contribution in [2.24, 2.45) is 0 Å². The average molecular weight is 306 g/mol. The van der Waals surface area contributed by atoms with Crippen molar-refractivity contribution in [1.82, 2.24) is 0 Å². The number of hydrogen-bond donors (Lipinski definition) is 0. The second-order valence-corrected chi connectivity index (χ2v) is 5.39. The number of hydrogen-bond acceptors (Lipinski definition) is 4. The lowest BCUT2D eigenvalue weighted by atomic mass is 10.0. The summed E-state index contributed by atoms with van der Waals surface area (Å²) in [6.45, 7) is 1.99. The molecule has 0 N–H and O–H groups in total. The van der Waals surface area contributed by atoms with Crippen LogP contribution in [-0.4, -0.2) is 7.11 Å². The van der Waals surface area contributed by atoms with E-state index in [1.54, 1.807) is 19.2 Å². The van der Waals surface area contributed by atoms with Gasteiger partial charge in [-0.1, -0.05) is 18.2 Å². The van der Waals surface area contributed by atoms with Crippen molar-refractivity contribution in [2.75, 3.05) is 7.11 Å². The SMILES string of the molecule is COc1ccc2oc(=O)cc(-c3oc4ccccc4c3C)c2c1. The highest BCUT2D eigenvalue weighted by Crippen LogP contribution is 2.36. The number of aryl methyl sites for hydroxylation is 1. The van der Waals surface area contributed by atoms with E-state index in [1.807, 2.05) is 37.3 Å². The van der Waals surface area contributed by atoms with Gasteiger partial charge in [-0.05, 0) is 31.2 Å². The minimum atomic E-state index is -0.405. The molecular weight excluding hydrogens is 292 g/mol. The molecule has 2 aromatic heterocycles. The summed E-state index contributed by atoms with van der Waals surface area (Å²) >= 11 is 0. The van der Waals surface area contributed by atoms with Crippen LogP contribution in [0, 0.1) is 6.92 Å². The number of fused-ring (bicyclic) bond motifs is 2. The Kier molecular flexibility index (Phi) is 2.98. The molecule has 114 valence electrons. The van der Waals surface area contributed by atoms with E-state index >= 15 is 0 Å². The third kappa shape index (κ3) is 2.11. The van der Waals surface area contributed by atoms with Crippen molar-refractivity contribution >= 4 is 21.9 Å². The zero-order valence-corrected chi connectivity index (χ0v) is 12.8. The fraction of sp³-hybridized carbons (Fsp3) is 0.105. The molecule has 4 nitrogen and oxygen atoms in total. The van der Waals surface area contributed by atoms with Crippen LogP contribution in [0.25, 0.3) is 33.3 Å². The van der Waals surface area contributed by atoms with Gasteiger partial charge in [0, 0.05) is 28.0 Å². The van der Waals surface area contributed by atoms with Crippen molar-refractivity contribution in [3.63, 3.8) is 0 Å². The normalized spacial score (nSPS) is 11.2. The molecule has 4 heteroatoms. The maximum atomic E-state index is 11.9. The minimum absolute atomic E-state index is 0.405. The summed E-state index contributed by atoms with van der Waals surface area (Å²) in [5, 5.41) is 1.82. The highest BCUT2D eigenvalue weighted by Gasteiger charge is 2.16. The molecule has 23 heavy (non-hydrogen) atoms. The predicted octanol–water partition coefficient (Wildman–Crippen LogP) is 4.52. The Bertz CT molecular complexity index is 1090. The number of rotatable bonds is 2. The maximum absolute atomic E-state index is 11.9. The summed E-state index contributed by atoms with van der Waals surface area (Å²) in [4.78, 5) is 11.9. The van der Waals surface area contributed by atoms with E-state index in [2.05, 4.69) is 0 Å². The van der Waals surface area contributed by atoms with Gasteiger partial charge in [-0.25, -0.2) is 4.79 Å². The summed E-state index contributed by atoms with van der Waals surface area (Å²) in [7, 11) is 1.60. The molecule has 0 spiro atoms. The van der Waals surface area contributed by atoms with Crippen LogP contribution in [0.15, 0.2) is 62.2 Å². The second-order valence-electron chi connectivity index (χ2n) is 5.39. The van der Waals surface area contributed by atoms with Gasteiger partial charge in [0.1, 0.15) is 22.7 Å². The van der Waals surface area contributed by atoms with E-state index in [1.165, 1.54) is 6.07 Å². The van der Waals surface area contributed by atoms with Crippen molar-refractivity contribution in [1.29, 1.82) is 0 Å². The molecule has 4 aromatic rings. The van der Waals surface area contributed by atoms with Gasteiger partial charge >= 0.3 is 5.63 Å². The fourth-order valence-corrected chi connectivity index (χ4v) is 2.89. The van der Waals surface area contributed by atoms with Crippen LogP contribution < -0.4 is 10.4 Å². The molecule has 0 bridgehead atoms. The number of methoxy groups -OCH3 is 1. The van der Waals surface area contributed by atoms with E-state index in [-0.39, 0.29) is 0 Å². The Hall–Kier alpha value is -3.01. The molecule has 0 saturated carbocycles. The molecule has 2 aromatic carbocycles. The first kappa shape index (κ1) is 13.6. The molecule has 4 rings (SSSR count). The van der Waals surface area contributed by atoms with E-state index in [0.717, 1.165) is 21.9 Å². The highest BCUT2D eigenvalue weighted by molar-refractivity contribution is 5.97. The van der Waals surface area contributed by atoms with Crippen LogP contribution in [0.3, 0.4) is 0 Å². The lowest BCUT2D eigenvalue weighted by Crippen LogP contribution is -1.98. The molecule has 0 unspecified atom stereocenters. The number of ether oxygens (including phenoxy) is 1. The second kappa shape index (κ2) is 5.02. The Labute approximate surface area is 131 Å². The lowest BCUT2D eigenvalue weighted by Gasteiger charge is -2.06. The van der Waals surface area contributed by atoms with Gasteiger partial charge < -0.3 is 13.6 Å². The van der Waals surface area contributed by atoms with Gasteiger partial charge in [-0.3, -0.25) is 0 Å². The van der Waals surface area contributed by atoms with Crippen molar-refractivity contribution in [3.05, 3.63) is 64.5 Å². The van der Waals surface area contributed by atoms with Crippen LogP contribution in [0.2, 0.25) is 0 Å². The lowest BCUT2D eigenvalue weighted by molar-refractivity contribution is 0.415. The van der Waals surface area contributed by atoms with Gasteiger partial charge in [0.15, 0.2) is 0 Å². The van der Waals surface area contributed by atoms with E-state index in [0.29, 0.717) is 22.7 Å². The zero-order chi connectivity index (χ0) is 16.0. The van der Waals surface area contributed by atoms with E-state index < -0.39 is 5.63 Å². The minimum Gasteiger partial charge on any atom is -0.497 e. The fourth-order valence-electron chi connectivity index (χ4n) is 2.89. The van der Waals surface area contributed by atoms with Gasteiger partial charge in [-0.2, -0.15) is 0 Å². The summed E-state index contributed by atoms with van der Waals surface area (Å²) in [5.41, 5.74) is 2.61. The Morgan fingerprint density at radius 2 is 1.70 bits per heavy atom. The third-order valence-electron chi connectivity index (χ3n) is 4.04. The van der Waals surface area contributed by atoms with Crippen LogP contribution >= 0.6 is 0 Å². The largest absolute Gasteiger partial charge is 0.497 e.